The molecule has 0 radical (unpaired) electrons. The van der Waals surface area contributed by atoms with Crippen LogP contribution in [-0.2, 0) is 0 Å². The quantitative estimate of drug-likeness (QED) is 0.364. The van der Waals surface area contributed by atoms with E-state index < -0.39 is 0 Å². The predicted octanol–water partition coefficient (Wildman–Crippen LogP) is -0.567. The van der Waals surface area contributed by atoms with Gasteiger partial charge in [-0.3, -0.25) is 0 Å². The van der Waals surface area contributed by atoms with E-state index in [1.807, 2.05) is 13.9 Å². The van der Waals surface area contributed by atoms with Gasteiger partial charge < -0.3 is 4.98 Å². The fourth-order valence-electron chi connectivity index (χ4n) is 0.660. The topological polar surface area (TPSA) is 39.6 Å². The van der Waals surface area contributed by atoms with Crippen LogP contribution in [-0.4, -0.2) is 12.8 Å². The molecule has 0 aliphatic carbocycles. The van der Waals surface area contributed by atoms with Gasteiger partial charge in [0.05, 0.1) is 10.6 Å². The van der Waals surface area contributed by atoms with Gasteiger partial charge >= 0.3 is 0 Å². The summed E-state index contributed by atoms with van der Waals surface area (Å²) in [5.74, 6) is 0. The van der Waals surface area contributed by atoms with Gasteiger partial charge in [-0.25, -0.2) is 0 Å². The molecule has 1 heterocycles. The van der Waals surface area contributed by atoms with Crippen molar-refractivity contribution in [3.05, 3.63) is 11.6 Å². The minimum atomic E-state index is 0.607. The van der Waals surface area contributed by atoms with Gasteiger partial charge in [0.25, 0.3) is 0 Å². The molecule has 0 amide bonds. The largest absolute Gasteiger partial charge is 0.362 e. The summed E-state index contributed by atoms with van der Waals surface area (Å²) in [4.78, 5) is 2.90. The highest BCUT2D eigenvalue weighted by atomic mass is 32.1. The Morgan fingerprint density at radius 2 is 2.44 bits per heavy atom. The van der Waals surface area contributed by atoms with Crippen molar-refractivity contribution >= 4 is 26.1 Å². The van der Waals surface area contributed by atoms with E-state index in [9.17, 15) is 0 Å². The van der Waals surface area contributed by atoms with Gasteiger partial charge in [0.2, 0.25) is 0 Å². The third-order valence-corrected chi connectivity index (χ3v) is 1.40. The van der Waals surface area contributed by atoms with Crippen molar-refractivity contribution in [2.75, 3.05) is 0 Å². The molecule has 0 unspecified atom stereocenters. The summed E-state index contributed by atoms with van der Waals surface area (Å²) in [6.07, 6.45) is 0. The zero-order valence-corrected chi connectivity index (χ0v) is 5.87. The minimum Gasteiger partial charge on any atom is -0.362 e. The third-order valence-electron chi connectivity index (χ3n) is 1.05. The van der Waals surface area contributed by atoms with Crippen molar-refractivity contribution in [3.8, 4) is 6.07 Å². The van der Waals surface area contributed by atoms with Gasteiger partial charge in [0, 0.05) is 0 Å². The Morgan fingerprint density at radius 3 is 2.67 bits per heavy atom. The van der Waals surface area contributed by atoms with Crippen molar-refractivity contribution in [2.24, 2.45) is 0 Å². The highest BCUT2D eigenvalue weighted by molar-refractivity contribution is 7.80. The minimum absolute atomic E-state index is 0.607. The van der Waals surface area contributed by atoms with Crippen LogP contribution in [0.4, 0.5) is 0 Å². The highest BCUT2D eigenvalue weighted by Gasteiger charge is 1.98. The van der Waals surface area contributed by atoms with Gasteiger partial charge in [-0.05, 0) is 11.7 Å². The first-order chi connectivity index (χ1) is 4.24. The van der Waals surface area contributed by atoms with E-state index in [0.29, 0.717) is 10.6 Å². The lowest BCUT2D eigenvalue weighted by molar-refractivity contribution is 1.22. The molecule has 2 nitrogen and oxygen atoms in total. The first-order valence-electron chi connectivity index (χ1n) is 2.52. The average molecular weight is 136 g/mol. The molecule has 0 atom stereocenters. The van der Waals surface area contributed by atoms with Crippen molar-refractivity contribution in [1.29, 1.82) is 5.26 Å². The van der Waals surface area contributed by atoms with E-state index >= 15 is 0 Å². The van der Waals surface area contributed by atoms with Gasteiger partial charge in [-0.1, -0.05) is 0 Å². The number of nitrogens with zero attached hydrogens (tertiary/aromatic N) is 1. The van der Waals surface area contributed by atoms with E-state index in [1.165, 1.54) is 0 Å². The lowest BCUT2D eigenvalue weighted by Crippen LogP contribution is -1.99. The number of nitrogens with one attached hydrogen (secondary N) is 1. The average Bonchev–Trinajstić information content (AvgIpc) is 2.10. The van der Waals surface area contributed by atoms with Crippen LogP contribution in [0.25, 0.3) is 0 Å². The van der Waals surface area contributed by atoms with Crippen LogP contribution in [0.5, 0.6) is 0 Å². The molecule has 0 bridgehead atoms. The number of nitriles is 1. The molecule has 0 saturated carbocycles. The van der Waals surface area contributed by atoms with Gasteiger partial charge in [-0.2, -0.15) is 5.26 Å². The molecular formula is C5H5BN2S. The summed E-state index contributed by atoms with van der Waals surface area (Å²) in [6, 6.07) is 3.77. The molecule has 0 aliphatic heterocycles. The summed E-state index contributed by atoms with van der Waals surface area (Å²) in [5.41, 5.74) is 1.58. The fourth-order valence-corrected chi connectivity index (χ4v) is 0.951. The molecule has 4 heteroatoms. The van der Waals surface area contributed by atoms with Crippen LogP contribution < -0.4 is 5.59 Å². The van der Waals surface area contributed by atoms with Crippen LogP contribution in [0.1, 0.15) is 5.56 Å². The molecule has 0 fully saturated rings. The molecule has 9 heavy (non-hydrogen) atoms. The summed E-state index contributed by atoms with van der Waals surface area (Å²) in [7, 11) is 1.89. The zero-order chi connectivity index (χ0) is 6.85. The fraction of sp³-hybridized carbons (Fsp3) is 0. The standard InChI is InChI=1S/C5H5BN2S/c6-4-1-3(2-7)5(9)8-4/h1,8-9H,6H2. The van der Waals surface area contributed by atoms with Gasteiger partial charge in [0.1, 0.15) is 6.07 Å². The Kier molecular flexibility index (Phi) is 1.54. The monoisotopic (exact) mass is 136 g/mol. The van der Waals surface area contributed by atoms with Gasteiger partial charge in [0.15, 0.2) is 7.85 Å². The summed E-state index contributed by atoms with van der Waals surface area (Å²) >= 11 is 4.02. The Balaban J connectivity index is 3.20. The molecule has 0 spiro atoms. The molecule has 1 rings (SSSR count). The molecular weight excluding hydrogens is 131 g/mol. The molecule has 0 aliphatic rings. The van der Waals surface area contributed by atoms with Crippen molar-refractivity contribution in [2.45, 2.75) is 5.03 Å². The van der Waals surface area contributed by atoms with Crippen molar-refractivity contribution < 1.29 is 0 Å². The summed E-state index contributed by atoms with van der Waals surface area (Å²) in [6.45, 7) is 0. The first kappa shape index (κ1) is 6.31. The molecule has 1 N–H and O–H groups in total. The predicted molar refractivity (Wildman–Crippen MR) is 40.9 cm³/mol. The first-order valence-corrected chi connectivity index (χ1v) is 2.97. The Labute approximate surface area is 59.7 Å². The van der Waals surface area contributed by atoms with Crippen LogP contribution in [0.3, 0.4) is 0 Å². The maximum absolute atomic E-state index is 8.41. The lowest BCUT2D eigenvalue weighted by atomic mass is 10.1. The number of aromatic nitrogens is 1. The summed E-state index contributed by atoms with van der Waals surface area (Å²) < 4.78 is 0. The van der Waals surface area contributed by atoms with Crippen LogP contribution in [0, 0.1) is 11.3 Å². The molecule has 0 aromatic carbocycles. The van der Waals surface area contributed by atoms with E-state index in [0.717, 1.165) is 5.59 Å². The van der Waals surface area contributed by atoms with E-state index in [2.05, 4.69) is 17.6 Å². The SMILES string of the molecule is Bc1cc(C#N)c(S)[nH]1. The Morgan fingerprint density at radius 1 is 1.78 bits per heavy atom. The van der Waals surface area contributed by atoms with Crippen LogP contribution >= 0.6 is 12.6 Å². The molecule has 44 valence electrons. The number of hydrogen-bond donors (Lipinski definition) is 2. The van der Waals surface area contributed by atoms with E-state index in [4.69, 9.17) is 5.26 Å². The number of thiol groups is 1. The van der Waals surface area contributed by atoms with E-state index in [1.54, 1.807) is 6.07 Å². The van der Waals surface area contributed by atoms with Crippen molar-refractivity contribution in [3.63, 3.8) is 0 Å². The Bertz CT molecular complexity index is 260. The van der Waals surface area contributed by atoms with Gasteiger partial charge in [-0.15, -0.1) is 12.6 Å². The maximum atomic E-state index is 8.41. The number of aromatic amines is 1. The molecule has 1 aromatic rings. The van der Waals surface area contributed by atoms with E-state index in [-0.39, 0.29) is 0 Å². The second-order valence-electron chi connectivity index (χ2n) is 1.83. The normalized spacial score (nSPS) is 8.89. The maximum Gasteiger partial charge on any atom is 0.160 e. The summed E-state index contributed by atoms with van der Waals surface area (Å²) in [5, 5.41) is 9.06. The van der Waals surface area contributed by atoms with Crippen LogP contribution in [0.15, 0.2) is 11.1 Å². The second kappa shape index (κ2) is 2.20. The number of H-pyrrole nitrogens is 1. The van der Waals surface area contributed by atoms with Crippen LogP contribution in [0.2, 0.25) is 0 Å². The zero-order valence-electron chi connectivity index (χ0n) is 4.97. The van der Waals surface area contributed by atoms with Crippen molar-refractivity contribution in [1.82, 2.24) is 4.98 Å². The smallest absolute Gasteiger partial charge is 0.160 e. The molecule has 0 saturated heterocycles. The second-order valence-corrected chi connectivity index (χ2v) is 2.27. The Hall–Kier alpha value is -0.815. The number of rotatable bonds is 0. The highest BCUT2D eigenvalue weighted by Crippen LogP contribution is 2.05. The third kappa shape index (κ3) is 1.11. The molecule has 1 aromatic heterocycles. The lowest BCUT2D eigenvalue weighted by Gasteiger charge is -1.79. The number of hydrogen-bond acceptors (Lipinski definition) is 2.